The highest BCUT2D eigenvalue weighted by molar-refractivity contribution is 14.1. The zero-order valence-corrected chi connectivity index (χ0v) is 20.4. The summed E-state index contributed by atoms with van der Waals surface area (Å²) in [5.74, 6) is 0.752. The van der Waals surface area contributed by atoms with Gasteiger partial charge in [0.25, 0.3) is 5.69 Å². The van der Waals surface area contributed by atoms with Crippen LogP contribution in [-0.2, 0) is 6.61 Å². The first-order valence-corrected chi connectivity index (χ1v) is 11.1. The van der Waals surface area contributed by atoms with Crippen molar-refractivity contribution in [2.45, 2.75) is 6.61 Å². The first kappa shape index (κ1) is 22.5. The molecule has 3 aromatic carbocycles. The molecule has 0 aromatic heterocycles. The van der Waals surface area contributed by atoms with Gasteiger partial charge >= 0.3 is 0 Å². The summed E-state index contributed by atoms with van der Waals surface area (Å²) >= 11 is 10.6. The van der Waals surface area contributed by atoms with Gasteiger partial charge < -0.3 is 4.74 Å². The lowest BCUT2D eigenvalue weighted by Crippen LogP contribution is -2.00. The summed E-state index contributed by atoms with van der Waals surface area (Å²) in [5, 5.41) is 21.0. The maximum absolute atomic E-state index is 10.8. The van der Waals surface area contributed by atoms with Gasteiger partial charge in [-0.1, -0.05) is 29.8 Å². The molecule has 0 radical (unpaired) electrons. The Hall–Kier alpha value is -2.16. The van der Waals surface area contributed by atoms with Gasteiger partial charge in [0, 0.05) is 22.7 Å². The molecule has 0 aliphatic heterocycles. The number of hydrogen-bond donors (Lipinski definition) is 0. The molecular weight excluding hydrogens is 630 g/mol. The smallest absolute Gasteiger partial charge is 0.269 e. The molecule has 0 saturated carbocycles. The highest BCUT2D eigenvalue weighted by Crippen LogP contribution is 2.32. The number of halogens is 3. The molecule has 0 atom stereocenters. The largest absolute Gasteiger partial charge is 0.487 e. The van der Waals surface area contributed by atoms with Crippen LogP contribution in [0.15, 0.2) is 60.7 Å². The highest BCUT2D eigenvalue weighted by atomic mass is 127. The third kappa shape index (κ3) is 5.50. The van der Waals surface area contributed by atoms with Crippen molar-refractivity contribution in [3.05, 3.63) is 99.6 Å². The molecule has 0 aliphatic rings. The summed E-state index contributed by atoms with van der Waals surface area (Å²) in [6.45, 7) is 0.354. The molecule has 5 nitrogen and oxygen atoms in total. The number of hydrogen-bond acceptors (Lipinski definition) is 4. The second kappa shape index (κ2) is 10.2. The van der Waals surface area contributed by atoms with E-state index >= 15 is 0 Å². The standard InChI is InChI=1S/C22H13ClI2N2O3/c23-19-4-2-1-3-16(19)13-30-22-20(24)10-14(11-21(22)25)9-17(12-26)15-5-7-18(8-6-15)27(28)29/h1-11H,13H2/b17-9-. The van der Waals surface area contributed by atoms with Crippen molar-refractivity contribution < 1.29 is 9.66 Å². The van der Waals surface area contributed by atoms with Crippen LogP contribution in [0.1, 0.15) is 16.7 Å². The Bertz CT molecular complexity index is 1150. The van der Waals surface area contributed by atoms with Crippen molar-refractivity contribution in [2.75, 3.05) is 0 Å². The van der Waals surface area contributed by atoms with Gasteiger partial charge in [0.15, 0.2) is 0 Å². The molecule has 8 heteroatoms. The zero-order valence-electron chi connectivity index (χ0n) is 15.3. The maximum atomic E-state index is 10.8. The Balaban J connectivity index is 1.85. The molecule has 3 rings (SSSR count). The van der Waals surface area contributed by atoms with E-state index in [0.717, 1.165) is 24.0 Å². The van der Waals surface area contributed by atoms with Crippen LogP contribution in [0.2, 0.25) is 5.02 Å². The van der Waals surface area contributed by atoms with Crippen molar-refractivity contribution >= 4 is 74.1 Å². The lowest BCUT2D eigenvalue weighted by Gasteiger charge is -2.12. The Labute approximate surface area is 205 Å². The molecule has 0 heterocycles. The molecule has 0 N–H and O–H groups in total. The summed E-state index contributed by atoms with van der Waals surface area (Å²) in [5.41, 5.74) is 2.76. The van der Waals surface area contributed by atoms with Crippen molar-refractivity contribution in [1.82, 2.24) is 0 Å². The number of ether oxygens (including phenoxy) is 1. The monoisotopic (exact) mass is 642 g/mol. The molecule has 0 aliphatic carbocycles. The Morgan fingerprint density at radius 1 is 1.13 bits per heavy atom. The quantitative estimate of drug-likeness (QED) is 0.0946. The van der Waals surface area contributed by atoms with E-state index in [2.05, 4.69) is 51.3 Å². The van der Waals surface area contributed by atoms with Crippen LogP contribution in [0.3, 0.4) is 0 Å². The van der Waals surface area contributed by atoms with E-state index in [1.165, 1.54) is 12.1 Å². The summed E-state index contributed by atoms with van der Waals surface area (Å²) in [6, 6.07) is 19.5. The lowest BCUT2D eigenvalue weighted by atomic mass is 10.0. The minimum absolute atomic E-state index is 0.0137. The van der Waals surface area contributed by atoms with Crippen LogP contribution in [0, 0.1) is 28.6 Å². The van der Waals surface area contributed by atoms with Crippen LogP contribution in [0.25, 0.3) is 11.6 Å². The topological polar surface area (TPSA) is 76.2 Å². The normalized spacial score (nSPS) is 11.1. The Morgan fingerprint density at radius 2 is 1.77 bits per heavy atom. The van der Waals surface area contributed by atoms with E-state index in [1.807, 2.05) is 36.4 Å². The molecule has 3 aromatic rings. The van der Waals surface area contributed by atoms with E-state index in [4.69, 9.17) is 16.3 Å². The first-order chi connectivity index (χ1) is 14.4. The molecule has 0 spiro atoms. The van der Waals surface area contributed by atoms with E-state index in [-0.39, 0.29) is 5.69 Å². The second-order valence-electron chi connectivity index (χ2n) is 6.17. The summed E-state index contributed by atoms with van der Waals surface area (Å²) in [6.07, 6.45) is 1.75. The van der Waals surface area contributed by atoms with Crippen molar-refractivity contribution in [2.24, 2.45) is 0 Å². The van der Waals surface area contributed by atoms with Crippen LogP contribution in [0.4, 0.5) is 5.69 Å². The fourth-order valence-corrected chi connectivity index (χ4v) is 4.99. The van der Waals surface area contributed by atoms with Crippen LogP contribution >= 0.6 is 56.8 Å². The zero-order chi connectivity index (χ0) is 21.7. The SMILES string of the molecule is N#C/C(=C/c1cc(I)c(OCc2ccccc2Cl)c(I)c1)c1ccc([N+](=O)[O-])cc1. The third-order valence-electron chi connectivity index (χ3n) is 4.17. The third-order valence-corrected chi connectivity index (χ3v) is 6.14. The van der Waals surface area contributed by atoms with Crippen LogP contribution in [0.5, 0.6) is 5.75 Å². The number of allylic oxidation sites excluding steroid dienone is 1. The van der Waals surface area contributed by atoms with Crippen molar-refractivity contribution in [1.29, 1.82) is 5.26 Å². The number of nitro groups is 1. The van der Waals surface area contributed by atoms with Gasteiger partial charge in [-0.3, -0.25) is 10.1 Å². The van der Waals surface area contributed by atoms with Crippen LogP contribution < -0.4 is 4.74 Å². The number of nitriles is 1. The molecular formula is C22H13ClI2N2O3. The summed E-state index contributed by atoms with van der Waals surface area (Å²) < 4.78 is 7.80. The average Bonchev–Trinajstić information content (AvgIpc) is 2.72. The Morgan fingerprint density at radius 3 is 2.33 bits per heavy atom. The van der Waals surface area contributed by atoms with Crippen LogP contribution in [-0.4, -0.2) is 4.92 Å². The fraction of sp³-hybridized carbons (Fsp3) is 0.0455. The predicted molar refractivity (Wildman–Crippen MR) is 134 cm³/mol. The molecule has 0 bridgehead atoms. The van der Waals surface area contributed by atoms with E-state index in [0.29, 0.717) is 22.8 Å². The van der Waals surface area contributed by atoms with Crippen molar-refractivity contribution in [3.8, 4) is 11.8 Å². The average molecular weight is 643 g/mol. The Kier molecular flexibility index (Phi) is 7.69. The number of nitro benzene ring substituents is 1. The number of non-ortho nitro benzene ring substituents is 1. The highest BCUT2D eigenvalue weighted by Gasteiger charge is 2.11. The molecule has 0 unspecified atom stereocenters. The molecule has 150 valence electrons. The number of benzene rings is 3. The molecule has 30 heavy (non-hydrogen) atoms. The van der Waals surface area contributed by atoms with E-state index in [1.54, 1.807) is 18.2 Å². The maximum Gasteiger partial charge on any atom is 0.269 e. The molecule has 0 saturated heterocycles. The number of rotatable bonds is 6. The van der Waals surface area contributed by atoms with E-state index < -0.39 is 4.92 Å². The summed E-state index contributed by atoms with van der Waals surface area (Å²) in [4.78, 5) is 10.4. The lowest BCUT2D eigenvalue weighted by molar-refractivity contribution is -0.384. The minimum atomic E-state index is -0.467. The van der Waals surface area contributed by atoms with Crippen molar-refractivity contribution in [3.63, 3.8) is 0 Å². The minimum Gasteiger partial charge on any atom is -0.487 e. The van der Waals surface area contributed by atoms with Gasteiger partial charge in [-0.25, -0.2) is 0 Å². The molecule has 0 amide bonds. The van der Waals surface area contributed by atoms with E-state index in [9.17, 15) is 15.4 Å². The molecule has 0 fully saturated rings. The van der Waals surface area contributed by atoms with Gasteiger partial charge in [0.05, 0.1) is 23.7 Å². The first-order valence-electron chi connectivity index (χ1n) is 8.61. The second-order valence-corrected chi connectivity index (χ2v) is 8.90. The fourth-order valence-electron chi connectivity index (χ4n) is 2.68. The van der Waals surface area contributed by atoms with Gasteiger partial charge in [-0.05, 0) is 92.7 Å². The van der Waals surface area contributed by atoms with Gasteiger partial charge in [-0.15, -0.1) is 0 Å². The summed E-state index contributed by atoms with van der Waals surface area (Å²) in [7, 11) is 0. The predicted octanol–water partition coefficient (Wildman–Crippen LogP) is 7.10. The van der Waals surface area contributed by atoms with Gasteiger partial charge in [0.1, 0.15) is 12.4 Å². The van der Waals surface area contributed by atoms with Gasteiger partial charge in [-0.2, -0.15) is 5.26 Å². The van der Waals surface area contributed by atoms with Gasteiger partial charge in [0.2, 0.25) is 0 Å². The number of nitrogens with zero attached hydrogens (tertiary/aromatic N) is 2.